The molecule has 4 heterocycles. The predicted octanol–water partition coefficient (Wildman–Crippen LogP) is 0.430. The summed E-state index contributed by atoms with van der Waals surface area (Å²) in [6.07, 6.45) is 5.23. The average molecular weight is 327 g/mol. The summed E-state index contributed by atoms with van der Waals surface area (Å²) in [7, 11) is 0. The zero-order chi connectivity index (χ0) is 16.2. The molecule has 2 aliphatic heterocycles. The van der Waals surface area contributed by atoms with E-state index in [1.165, 1.54) is 0 Å². The van der Waals surface area contributed by atoms with Gasteiger partial charge in [-0.15, -0.1) is 0 Å². The van der Waals surface area contributed by atoms with Gasteiger partial charge in [-0.2, -0.15) is 0 Å². The van der Waals surface area contributed by atoms with E-state index < -0.39 is 0 Å². The highest BCUT2D eigenvalue weighted by Crippen LogP contribution is 2.20. The van der Waals surface area contributed by atoms with Crippen LogP contribution in [0, 0.1) is 0 Å². The molecular formula is C16H21N7O. The highest BCUT2D eigenvalue weighted by atomic mass is 16.5. The number of aromatic nitrogens is 4. The number of ether oxygens (including phenoxy) is 1. The first-order valence-corrected chi connectivity index (χ1v) is 8.32. The van der Waals surface area contributed by atoms with Crippen molar-refractivity contribution in [3.05, 3.63) is 30.9 Å². The standard InChI is InChI=1S/C16H21N7O/c1-2-17-16(18-3-1)23-6-4-21(5-7-23)14-12-15(20-13-19-14)22-8-10-24-11-9-22/h1-3,12-13H,4-11H2. The largest absolute Gasteiger partial charge is 0.378 e. The van der Waals surface area contributed by atoms with Crippen molar-refractivity contribution in [3.8, 4) is 0 Å². The molecule has 126 valence electrons. The van der Waals surface area contributed by atoms with Gasteiger partial charge in [0, 0.05) is 57.7 Å². The number of hydrogen-bond donors (Lipinski definition) is 0. The van der Waals surface area contributed by atoms with Crippen LogP contribution in [0.3, 0.4) is 0 Å². The minimum atomic E-state index is 0.759. The van der Waals surface area contributed by atoms with E-state index >= 15 is 0 Å². The second-order valence-corrected chi connectivity index (χ2v) is 5.86. The second-order valence-electron chi connectivity index (χ2n) is 5.86. The maximum atomic E-state index is 5.41. The molecule has 0 bridgehead atoms. The lowest BCUT2D eigenvalue weighted by atomic mass is 10.3. The smallest absolute Gasteiger partial charge is 0.225 e. The number of nitrogens with zero attached hydrogens (tertiary/aromatic N) is 7. The molecule has 8 nitrogen and oxygen atoms in total. The molecule has 0 aromatic carbocycles. The third-order valence-corrected chi connectivity index (χ3v) is 4.41. The van der Waals surface area contributed by atoms with Crippen molar-refractivity contribution in [3.63, 3.8) is 0 Å². The predicted molar refractivity (Wildman–Crippen MR) is 91.5 cm³/mol. The Balaban J connectivity index is 1.42. The van der Waals surface area contributed by atoms with Gasteiger partial charge in [-0.25, -0.2) is 19.9 Å². The maximum Gasteiger partial charge on any atom is 0.225 e. The molecule has 2 aliphatic rings. The highest BCUT2D eigenvalue weighted by Gasteiger charge is 2.21. The molecule has 8 heteroatoms. The van der Waals surface area contributed by atoms with Crippen molar-refractivity contribution in [2.75, 3.05) is 67.2 Å². The quantitative estimate of drug-likeness (QED) is 0.804. The molecule has 4 rings (SSSR count). The summed E-state index contributed by atoms with van der Waals surface area (Å²) in [6, 6.07) is 3.92. The van der Waals surface area contributed by atoms with Gasteiger partial charge in [0.2, 0.25) is 5.95 Å². The third kappa shape index (κ3) is 3.23. The number of hydrogen-bond acceptors (Lipinski definition) is 8. The van der Waals surface area contributed by atoms with Crippen LogP contribution in [0.2, 0.25) is 0 Å². The van der Waals surface area contributed by atoms with E-state index in [0.717, 1.165) is 70.1 Å². The topological polar surface area (TPSA) is 70.5 Å². The lowest BCUT2D eigenvalue weighted by molar-refractivity contribution is 0.122. The lowest BCUT2D eigenvalue weighted by Crippen LogP contribution is -2.47. The molecule has 2 aromatic rings. The molecule has 0 spiro atoms. The van der Waals surface area contributed by atoms with Crippen LogP contribution in [0.15, 0.2) is 30.9 Å². The van der Waals surface area contributed by atoms with Gasteiger partial charge < -0.3 is 19.4 Å². The molecule has 0 atom stereocenters. The van der Waals surface area contributed by atoms with E-state index in [0.29, 0.717) is 0 Å². The van der Waals surface area contributed by atoms with E-state index in [2.05, 4.69) is 40.7 Å². The fourth-order valence-corrected chi connectivity index (χ4v) is 3.07. The Hall–Kier alpha value is -2.48. The Kier molecular flexibility index (Phi) is 4.37. The summed E-state index contributed by atoms with van der Waals surface area (Å²) in [6.45, 7) is 6.87. The number of anilines is 3. The maximum absolute atomic E-state index is 5.41. The van der Waals surface area contributed by atoms with Crippen LogP contribution >= 0.6 is 0 Å². The molecule has 2 fully saturated rings. The van der Waals surface area contributed by atoms with Crippen molar-refractivity contribution in [2.45, 2.75) is 0 Å². The van der Waals surface area contributed by atoms with Gasteiger partial charge in [-0.1, -0.05) is 0 Å². The molecule has 0 aliphatic carbocycles. The second kappa shape index (κ2) is 6.96. The van der Waals surface area contributed by atoms with Gasteiger partial charge in [0.15, 0.2) is 0 Å². The summed E-state index contributed by atoms with van der Waals surface area (Å²) in [5.41, 5.74) is 0. The van der Waals surface area contributed by atoms with Crippen LogP contribution in [0.5, 0.6) is 0 Å². The molecule has 0 amide bonds. The highest BCUT2D eigenvalue weighted by molar-refractivity contribution is 5.51. The fourth-order valence-electron chi connectivity index (χ4n) is 3.07. The van der Waals surface area contributed by atoms with Gasteiger partial charge in [-0.3, -0.25) is 0 Å². The van der Waals surface area contributed by atoms with Gasteiger partial charge in [0.1, 0.15) is 18.0 Å². The first kappa shape index (κ1) is 15.1. The molecule has 2 saturated heterocycles. The summed E-state index contributed by atoms with van der Waals surface area (Å²) in [4.78, 5) is 24.3. The Morgan fingerprint density at radius 1 is 0.708 bits per heavy atom. The normalized spacial score (nSPS) is 18.8. The van der Waals surface area contributed by atoms with Crippen LogP contribution in [0.4, 0.5) is 17.6 Å². The van der Waals surface area contributed by atoms with E-state index in [1.807, 2.05) is 6.07 Å². The zero-order valence-corrected chi connectivity index (χ0v) is 13.6. The van der Waals surface area contributed by atoms with E-state index in [-0.39, 0.29) is 0 Å². The van der Waals surface area contributed by atoms with Crippen LogP contribution < -0.4 is 14.7 Å². The zero-order valence-electron chi connectivity index (χ0n) is 13.6. The molecule has 0 N–H and O–H groups in total. The summed E-state index contributed by atoms with van der Waals surface area (Å²) < 4.78 is 5.41. The number of rotatable bonds is 3. The Morgan fingerprint density at radius 3 is 1.96 bits per heavy atom. The van der Waals surface area contributed by atoms with Crippen LogP contribution in [0.1, 0.15) is 0 Å². The molecular weight excluding hydrogens is 306 g/mol. The lowest BCUT2D eigenvalue weighted by Gasteiger charge is -2.35. The first-order valence-electron chi connectivity index (χ1n) is 8.32. The molecule has 2 aromatic heterocycles. The van der Waals surface area contributed by atoms with E-state index in [4.69, 9.17) is 4.74 Å². The monoisotopic (exact) mass is 327 g/mol. The summed E-state index contributed by atoms with van der Waals surface area (Å²) in [5.74, 6) is 2.77. The van der Waals surface area contributed by atoms with Crippen LogP contribution in [-0.4, -0.2) is 72.4 Å². The van der Waals surface area contributed by atoms with Crippen LogP contribution in [0.25, 0.3) is 0 Å². The minimum absolute atomic E-state index is 0.759. The SMILES string of the molecule is c1cnc(N2CCN(c3cc(N4CCOCC4)ncn3)CC2)nc1. The Bertz CT molecular complexity index is 654. The van der Waals surface area contributed by atoms with Crippen molar-refractivity contribution < 1.29 is 4.74 Å². The third-order valence-electron chi connectivity index (χ3n) is 4.41. The molecule has 0 saturated carbocycles. The minimum Gasteiger partial charge on any atom is -0.378 e. The van der Waals surface area contributed by atoms with Crippen molar-refractivity contribution in [1.29, 1.82) is 0 Å². The van der Waals surface area contributed by atoms with Gasteiger partial charge in [-0.05, 0) is 6.07 Å². The van der Waals surface area contributed by atoms with Crippen molar-refractivity contribution >= 4 is 17.6 Å². The van der Waals surface area contributed by atoms with E-state index in [1.54, 1.807) is 18.7 Å². The molecule has 24 heavy (non-hydrogen) atoms. The fraction of sp³-hybridized carbons (Fsp3) is 0.500. The van der Waals surface area contributed by atoms with Crippen molar-refractivity contribution in [1.82, 2.24) is 19.9 Å². The number of piperazine rings is 1. The van der Waals surface area contributed by atoms with Gasteiger partial charge >= 0.3 is 0 Å². The molecule has 0 radical (unpaired) electrons. The number of morpholine rings is 1. The summed E-state index contributed by atoms with van der Waals surface area (Å²) >= 11 is 0. The average Bonchev–Trinajstić information content (AvgIpc) is 2.70. The van der Waals surface area contributed by atoms with Crippen molar-refractivity contribution in [2.24, 2.45) is 0 Å². The van der Waals surface area contributed by atoms with Gasteiger partial charge in [0.25, 0.3) is 0 Å². The Morgan fingerprint density at radius 2 is 1.29 bits per heavy atom. The Labute approximate surface area is 141 Å². The van der Waals surface area contributed by atoms with Crippen LogP contribution in [-0.2, 0) is 4.74 Å². The van der Waals surface area contributed by atoms with E-state index in [9.17, 15) is 0 Å². The molecule has 0 unspecified atom stereocenters. The van der Waals surface area contributed by atoms with Gasteiger partial charge in [0.05, 0.1) is 13.2 Å². The summed E-state index contributed by atoms with van der Waals surface area (Å²) in [5, 5.41) is 0. The first-order chi connectivity index (χ1) is 11.9.